The third-order valence-electron chi connectivity index (χ3n) is 1.30. The zero-order valence-corrected chi connectivity index (χ0v) is 7.50. The third-order valence-corrected chi connectivity index (χ3v) is 1.30. The highest BCUT2D eigenvalue weighted by atomic mass is 16.4. The van der Waals surface area contributed by atoms with Crippen molar-refractivity contribution in [1.29, 1.82) is 0 Å². The van der Waals surface area contributed by atoms with E-state index in [0.29, 0.717) is 0 Å². The fourth-order valence-corrected chi connectivity index (χ4v) is 0.714. The second kappa shape index (κ2) is 4.71. The molecule has 0 spiro atoms. The highest BCUT2D eigenvalue weighted by molar-refractivity contribution is 5.88. The standard InChI is InChI=1S/C7H14N2O3/c1-5(8-7(11)12)6(10)4-9(2)3/h5,8H,4H2,1-3H3,(H,11,12). The number of amides is 1. The van der Waals surface area contributed by atoms with Gasteiger partial charge in [-0.2, -0.15) is 0 Å². The first-order valence-corrected chi connectivity index (χ1v) is 3.60. The zero-order chi connectivity index (χ0) is 9.72. The molecule has 0 aliphatic heterocycles. The number of Topliss-reactive ketones (excluding diaryl/α,β-unsaturated/α-hetero) is 1. The van der Waals surface area contributed by atoms with Gasteiger partial charge in [0.05, 0.1) is 12.6 Å². The lowest BCUT2D eigenvalue weighted by Crippen LogP contribution is -2.41. The van der Waals surface area contributed by atoms with Crippen molar-refractivity contribution in [2.45, 2.75) is 13.0 Å². The van der Waals surface area contributed by atoms with E-state index in [9.17, 15) is 9.59 Å². The first kappa shape index (κ1) is 10.9. The largest absolute Gasteiger partial charge is 0.465 e. The molecule has 0 aromatic rings. The molecule has 5 heteroatoms. The number of likely N-dealkylation sites (N-methyl/N-ethyl adjacent to an activating group) is 1. The van der Waals surface area contributed by atoms with Crippen molar-refractivity contribution in [3.8, 4) is 0 Å². The van der Waals surface area contributed by atoms with Crippen LogP contribution in [-0.2, 0) is 4.79 Å². The molecular formula is C7H14N2O3. The van der Waals surface area contributed by atoms with Crippen LogP contribution in [0.2, 0.25) is 0 Å². The summed E-state index contributed by atoms with van der Waals surface area (Å²) in [7, 11) is 3.51. The number of ketones is 1. The van der Waals surface area contributed by atoms with E-state index >= 15 is 0 Å². The van der Waals surface area contributed by atoms with Gasteiger partial charge in [-0.05, 0) is 21.0 Å². The van der Waals surface area contributed by atoms with Crippen LogP contribution in [0.5, 0.6) is 0 Å². The molecule has 0 heterocycles. The van der Waals surface area contributed by atoms with Gasteiger partial charge in [0.2, 0.25) is 0 Å². The number of carboxylic acid groups (broad SMARTS) is 1. The maximum atomic E-state index is 11.1. The van der Waals surface area contributed by atoms with Crippen LogP contribution in [-0.4, -0.2) is 48.6 Å². The van der Waals surface area contributed by atoms with Crippen LogP contribution in [0, 0.1) is 0 Å². The van der Waals surface area contributed by atoms with Gasteiger partial charge in [0.25, 0.3) is 0 Å². The molecule has 0 bridgehead atoms. The smallest absolute Gasteiger partial charge is 0.405 e. The van der Waals surface area contributed by atoms with Gasteiger partial charge in [-0.1, -0.05) is 0 Å². The third kappa shape index (κ3) is 4.68. The van der Waals surface area contributed by atoms with Gasteiger partial charge < -0.3 is 15.3 Å². The van der Waals surface area contributed by atoms with Crippen molar-refractivity contribution in [3.63, 3.8) is 0 Å². The van der Waals surface area contributed by atoms with Crippen molar-refractivity contribution < 1.29 is 14.7 Å². The Bertz CT molecular complexity index is 179. The van der Waals surface area contributed by atoms with Gasteiger partial charge in [0, 0.05) is 0 Å². The lowest BCUT2D eigenvalue weighted by Gasteiger charge is -2.13. The highest BCUT2D eigenvalue weighted by Gasteiger charge is 2.14. The second-order valence-corrected chi connectivity index (χ2v) is 2.88. The Morgan fingerprint density at radius 3 is 2.33 bits per heavy atom. The van der Waals surface area contributed by atoms with Gasteiger partial charge >= 0.3 is 6.09 Å². The molecule has 5 nitrogen and oxygen atoms in total. The summed E-state index contributed by atoms with van der Waals surface area (Å²) in [6, 6.07) is -0.634. The van der Waals surface area contributed by atoms with Gasteiger partial charge in [0.1, 0.15) is 0 Å². The molecule has 1 unspecified atom stereocenters. The molecule has 0 aliphatic rings. The van der Waals surface area contributed by atoms with Gasteiger partial charge in [-0.25, -0.2) is 4.79 Å². The number of carbonyl (C=O) groups is 2. The lowest BCUT2D eigenvalue weighted by molar-refractivity contribution is -0.121. The van der Waals surface area contributed by atoms with Crippen LogP contribution >= 0.6 is 0 Å². The maximum Gasteiger partial charge on any atom is 0.405 e. The summed E-state index contributed by atoms with van der Waals surface area (Å²) in [5, 5.41) is 10.4. The van der Waals surface area contributed by atoms with Gasteiger partial charge in [0.15, 0.2) is 5.78 Å². The Morgan fingerprint density at radius 1 is 1.50 bits per heavy atom. The molecule has 70 valence electrons. The number of hydrogen-bond acceptors (Lipinski definition) is 3. The van der Waals surface area contributed by atoms with E-state index in [1.807, 2.05) is 0 Å². The second-order valence-electron chi connectivity index (χ2n) is 2.88. The Morgan fingerprint density at radius 2 is 2.00 bits per heavy atom. The van der Waals surface area contributed by atoms with Crippen molar-refractivity contribution in [1.82, 2.24) is 10.2 Å². The molecule has 0 saturated heterocycles. The predicted octanol–water partition coefficient (Wildman–Crippen LogP) is -0.227. The first-order valence-electron chi connectivity index (χ1n) is 3.60. The molecule has 0 aromatic carbocycles. The molecule has 0 fully saturated rings. The average molecular weight is 174 g/mol. The minimum Gasteiger partial charge on any atom is -0.465 e. The topological polar surface area (TPSA) is 69.6 Å². The van der Waals surface area contributed by atoms with Crippen LogP contribution in [0.15, 0.2) is 0 Å². The van der Waals surface area contributed by atoms with Gasteiger partial charge in [-0.15, -0.1) is 0 Å². The summed E-state index contributed by atoms with van der Waals surface area (Å²) in [5.41, 5.74) is 0. The van der Waals surface area contributed by atoms with Crippen LogP contribution in [0.4, 0.5) is 4.79 Å². The first-order chi connectivity index (χ1) is 5.43. The van der Waals surface area contributed by atoms with E-state index in [1.165, 1.54) is 6.92 Å². The summed E-state index contributed by atoms with van der Waals surface area (Å²) in [4.78, 5) is 22.9. The number of carbonyl (C=O) groups excluding carboxylic acids is 1. The van der Waals surface area contributed by atoms with E-state index in [1.54, 1.807) is 19.0 Å². The van der Waals surface area contributed by atoms with Crippen LogP contribution < -0.4 is 5.32 Å². The Balaban J connectivity index is 3.85. The minimum absolute atomic E-state index is 0.137. The van der Waals surface area contributed by atoms with Crippen LogP contribution in [0.1, 0.15) is 6.92 Å². The Labute approximate surface area is 71.4 Å². The SMILES string of the molecule is CC(NC(=O)O)C(=O)CN(C)C. The summed E-state index contributed by atoms with van der Waals surface area (Å²) < 4.78 is 0. The Kier molecular flexibility index (Phi) is 4.28. The van der Waals surface area contributed by atoms with E-state index in [0.717, 1.165) is 0 Å². The molecule has 12 heavy (non-hydrogen) atoms. The van der Waals surface area contributed by atoms with Crippen molar-refractivity contribution >= 4 is 11.9 Å². The van der Waals surface area contributed by atoms with E-state index in [2.05, 4.69) is 5.32 Å². The maximum absolute atomic E-state index is 11.1. The molecule has 1 atom stereocenters. The summed E-state index contributed by atoms with van der Waals surface area (Å²) in [6.07, 6.45) is -1.17. The van der Waals surface area contributed by atoms with Gasteiger partial charge in [-0.3, -0.25) is 4.79 Å². The molecule has 0 radical (unpaired) electrons. The molecule has 2 N–H and O–H groups in total. The monoisotopic (exact) mass is 174 g/mol. The van der Waals surface area contributed by atoms with Crippen molar-refractivity contribution in [3.05, 3.63) is 0 Å². The molecule has 0 aromatic heterocycles. The zero-order valence-electron chi connectivity index (χ0n) is 7.50. The number of nitrogens with one attached hydrogen (secondary N) is 1. The van der Waals surface area contributed by atoms with E-state index in [4.69, 9.17) is 5.11 Å². The minimum atomic E-state index is -1.17. The fraction of sp³-hybridized carbons (Fsp3) is 0.714. The molecule has 0 saturated carbocycles. The fourth-order valence-electron chi connectivity index (χ4n) is 0.714. The summed E-state index contributed by atoms with van der Waals surface area (Å²) >= 11 is 0. The predicted molar refractivity (Wildman–Crippen MR) is 44.2 cm³/mol. The number of hydrogen-bond donors (Lipinski definition) is 2. The molecular weight excluding hydrogens is 160 g/mol. The average Bonchev–Trinajstić information content (AvgIpc) is 1.84. The molecule has 1 amide bonds. The van der Waals surface area contributed by atoms with Crippen LogP contribution in [0.25, 0.3) is 0 Å². The molecule has 0 aliphatic carbocycles. The van der Waals surface area contributed by atoms with E-state index in [-0.39, 0.29) is 12.3 Å². The normalized spacial score (nSPS) is 12.7. The summed E-state index contributed by atoms with van der Waals surface area (Å²) in [5.74, 6) is -0.137. The lowest BCUT2D eigenvalue weighted by atomic mass is 10.2. The van der Waals surface area contributed by atoms with Crippen LogP contribution in [0.3, 0.4) is 0 Å². The quantitative estimate of drug-likeness (QED) is 0.618. The highest BCUT2D eigenvalue weighted by Crippen LogP contribution is 1.87. The van der Waals surface area contributed by atoms with Crippen molar-refractivity contribution in [2.24, 2.45) is 0 Å². The number of rotatable bonds is 4. The van der Waals surface area contributed by atoms with E-state index < -0.39 is 12.1 Å². The number of nitrogens with zero attached hydrogens (tertiary/aromatic N) is 1. The Hall–Kier alpha value is -1.10. The summed E-state index contributed by atoms with van der Waals surface area (Å²) in [6.45, 7) is 1.78. The molecule has 0 rings (SSSR count). The van der Waals surface area contributed by atoms with Crippen molar-refractivity contribution in [2.75, 3.05) is 20.6 Å².